The molecule has 1 amide bonds. The van der Waals surface area contributed by atoms with Crippen LogP contribution in [0.4, 0.5) is 18.9 Å². The van der Waals surface area contributed by atoms with E-state index < -0.39 is 17.8 Å². The highest BCUT2D eigenvalue weighted by Crippen LogP contribution is 2.31. The lowest BCUT2D eigenvalue weighted by Crippen LogP contribution is -2.15. The highest BCUT2D eigenvalue weighted by Gasteiger charge is 2.35. The van der Waals surface area contributed by atoms with Crippen LogP contribution < -0.4 is 19.5 Å². The molecule has 0 aliphatic carbocycles. The van der Waals surface area contributed by atoms with Crippen molar-refractivity contribution in [1.29, 1.82) is 0 Å². The van der Waals surface area contributed by atoms with E-state index in [0.717, 1.165) is 11.6 Å². The lowest BCUT2D eigenvalue weighted by molar-refractivity contribution is -0.142. The molecular formula is C26H25F3N4O4. The number of benzene rings is 2. The van der Waals surface area contributed by atoms with Gasteiger partial charge in [-0.15, -0.1) is 0 Å². The zero-order valence-corrected chi connectivity index (χ0v) is 20.4. The Labute approximate surface area is 211 Å². The van der Waals surface area contributed by atoms with Crippen molar-refractivity contribution < 1.29 is 32.2 Å². The van der Waals surface area contributed by atoms with Gasteiger partial charge in [0, 0.05) is 17.4 Å². The monoisotopic (exact) mass is 514 g/mol. The van der Waals surface area contributed by atoms with E-state index in [4.69, 9.17) is 14.2 Å². The van der Waals surface area contributed by atoms with Crippen molar-refractivity contribution in [3.05, 3.63) is 77.2 Å². The zero-order valence-electron chi connectivity index (χ0n) is 20.4. The summed E-state index contributed by atoms with van der Waals surface area (Å²) in [5.74, 6) is 1.21. The van der Waals surface area contributed by atoms with Crippen LogP contribution in [0.15, 0.2) is 54.6 Å². The summed E-state index contributed by atoms with van der Waals surface area (Å²) in [6, 6.07) is 14.3. The average Bonchev–Trinajstić information content (AvgIpc) is 3.28. The Morgan fingerprint density at radius 1 is 0.946 bits per heavy atom. The third-order valence-electron chi connectivity index (χ3n) is 5.20. The molecule has 2 aromatic heterocycles. The third-order valence-corrected chi connectivity index (χ3v) is 5.20. The number of fused-ring (bicyclic) bond motifs is 1. The number of aryl methyl sites for hydroxylation is 1. The number of hydrogen-bond acceptors (Lipinski definition) is 6. The summed E-state index contributed by atoms with van der Waals surface area (Å²) in [6.45, 7) is 6.56. The molecule has 0 aliphatic heterocycles. The molecule has 0 spiro atoms. The molecule has 0 fully saturated rings. The number of carbonyl (C=O) groups excluding carboxylic acids is 1. The predicted octanol–water partition coefficient (Wildman–Crippen LogP) is 5.69. The number of aromatic nitrogens is 3. The molecule has 0 bridgehead atoms. The van der Waals surface area contributed by atoms with E-state index in [-0.39, 0.29) is 23.6 Å². The van der Waals surface area contributed by atoms with Crippen LogP contribution in [-0.2, 0) is 12.8 Å². The van der Waals surface area contributed by atoms with Crippen molar-refractivity contribution in [3.8, 4) is 17.2 Å². The number of amides is 1. The molecule has 0 radical (unpaired) electrons. The van der Waals surface area contributed by atoms with E-state index in [1.54, 1.807) is 24.3 Å². The largest absolute Gasteiger partial charge is 0.490 e. The van der Waals surface area contributed by atoms with Gasteiger partial charge < -0.3 is 19.5 Å². The molecule has 0 atom stereocenters. The Hall–Kier alpha value is -4.28. The lowest BCUT2D eigenvalue weighted by Gasteiger charge is -2.13. The summed E-state index contributed by atoms with van der Waals surface area (Å²) in [4.78, 5) is 16.7. The number of anilines is 1. The van der Waals surface area contributed by atoms with Crippen molar-refractivity contribution in [3.63, 3.8) is 0 Å². The van der Waals surface area contributed by atoms with Gasteiger partial charge in [0.2, 0.25) is 0 Å². The zero-order chi connectivity index (χ0) is 26.6. The minimum atomic E-state index is -4.64. The number of ether oxygens (including phenoxy) is 3. The first-order valence-corrected chi connectivity index (χ1v) is 11.5. The van der Waals surface area contributed by atoms with E-state index in [0.29, 0.717) is 40.7 Å². The molecule has 0 saturated carbocycles. The van der Waals surface area contributed by atoms with Crippen molar-refractivity contribution in [2.45, 2.75) is 33.6 Å². The number of nitrogens with one attached hydrogen (secondary N) is 1. The summed E-state index contributed by atoms with van der Waals surface area (Å²) in [5.41, 5.74) is 0.220. The van der Waals surface area contributed by atoms with Gasteiger partial charge in [0.1, 0.15) is 18.1 Å². The number of nitrogens with zero attached hydrogens (tertiary/aromatic N) is 3. The van der Waals surface area contributed by atoms with Gasteiger partial charge in [0.15, 0.2) is 22.8 Å². The van der Waals surface area contributed by atoms with E-state index >= 15 is 0 Å². The van der Waals surface area contributed by atoms with Crippen molar-refractivity contribution in [1.82, 2.24) is 14.6 Å². The van der Waals surface area contributed by atoms with Crippen LogP contribution in [0, 0.1) is 6.92 Å². The second-order valence-corrected chi connectivity index (χ2v) is 7.99. The molecule has 4 rings (SSSR count). The second-order valence-electron chi connectivity index (χ2n) is 7.99. The van der Waals surface area contributed by atoms with Gasteiger partial charge in [-0.3, -0.25) is 4.79 Å². The van der Waals surface area contributed by atoms with Crippen LogP contribution in [0.5, 0.6) is 17.2 Å². The number of alkyl halides is 3. The fraction of sp³-hybridized carbons (Fsp3) is 0.269. The minimum absolute atomic E-state index is 0.0667. The summed E-state index contributed by atoms with van der Waals surface area (Å²) < 4.78 is 57.7. The van der Waals surface area contributed by atoms with Gasteiger partial charge in [-0.25, -0.2) is 9.50 Å². The Morgan fingerprint density at radius 2 is 1.65 bits per heavy atom. The van der Waals surface area contributed by atoms with E-state index in [1.165, 1.54) is 13.0 Å². The van der Waals surface area contributed by atoms with E-state index in [1.807, 2.05) is 32.0 Å². The highest BCUT2D eigenvalue weighted by atomic mass is 19.4. The standard InChI is InChI=1S/C26H25F3N4O4/c1-4-35-21-11-6-17(13-22(21)36-5-2)15-37-19-9-7-18(8-10-19)31-25(34)20-14-24-30-16(3)12-23(26(27,28)29)33(24)32-20/h6-14H,4-5,15H2,1-3H3,(H,31,34). The fourth-order valence-corrected chi connectivity index (χ4v) is 3.59. The molecule has 11 heteroatoms. The first-order chi connectivity index (χ1) is 17.7. The Kier molecular flexibility index (Phi) is 7.51. The van der Waals surface area contributed by atoms with Crippen LogP contribution in [-0.4, -0.2) is 33.7 Å². The third kappa shape index (κ3) is 6.11. The van der Waals surface area contributed by atoms with Gasteiger partial charge in [-0.05, 0) is 68.8 Å². The molecule has 37 heavy (non-hydrogen) atoms. The summed E-state index contributed by atoms with van der Waals surface area (Å²) in [5, 5.41) is 6.44. The van der Waals surface area contributed by atoms with Crippen molar-refractivity contribution in [2.24, 2.45) is 0 Å². The summed E-state index contributed by atoms with van der Waals surface area (Å²) in [6.07, 6.45) is -4.64. The SMILES string of the molecule is CCOc1ccc(COc2ccc(NC(=O)c3cc4nc(C)cc(C(F)(F)F)n4n3)cc2)cc1OCC. The first kappa shape index (κ1) is 25.8. The Balaban J connectivity index is 1.42. The number of carbonyl (C=O) groups is 1. The summed E-state index contributed by atoms with van der Waals surface area (Å²) >= 11 is 0. The summed E-state index contributed by atoms with van der Waals surface area (Å²) in [7, 11) is 0. The smallest absolute Gasteiger partial charge is 0.433 e. The lowest BCUT2D eigenvalue weighted by atomic mass is 10.2. The molecule has 194 valence electrons. The fourth-order valence-electron chi connectivity index (χ4n) is 3.59. The molecule has 0 saturated heterocycles. The molecular weight excluding hydrogens is 489 g/mol. The van der Waals surface area contributed by atoms with Crippen molar-refractivity contribution in [2.75, 3.05) is 18.5 Å². The maximum Gasteiger partial charge on any atom is 0.433 e. The van der Waals surface area contributed by atoms with E-state index in [9.17, 15) is 18.0 Å². The van der Waals surface area contributed by atoms with Crippen LogP contribution in [0.3, 0.4) is 0 Å². The van der Waals surface area contributed by atoms with Gasteiger partial charge in [-0.2, -0.15) is 18.3 Å². The van der Waals surface area contributed by atoms with Crippen LogP contribution in [0.25, 0.3) is 5.65 Å². The Morgan fingerprint density at radius 3 is 2.32 bits per heavy atom. The number of halogens is 3. The van der Waals surface area contributed by atoms with Gasteiger partial charge in [0.05, 0.1) is 13.2 Å². The Bertz CT molecular complexity index is 1400. The highest BCUT2D eigenvalue weighted by molar-refractivity contribution is 6.03. The average molecular weight is 515 g/mol. The normalized spacial score (nSPS) is 11.4. The predicted molar refractivity (Wildman–Crippen MR) is 130 cm³/mol. The van der Waals surface area contributed by atoms with E-state index in [2.05, 4.69) is 15.4 Å². The minimum Gasteiger partial charge on any atom is -0.490 e. The van der Waals surface area contributed by atoms with Crippen LogP contribution in [0.2, 0.25) is 0 Å². The van der Waals surface area contributed by atoms with Gasteiger partial charge in [0.25, 0.3) is 5.91 Å². The van der Waals surface area contributed by atoms with Crippen LogP contribution >= 0.6 is 0 Å². The van der Waals surface area contributed by atoms with Gasteiger partial charge >= 0.3 is 6.18 Å². The van der Waals surface area contributed by atoms with Gasteiger partial charge in [-0.1, -0.05) is 6.07 Å². The molecule has 4 aromatic rings. The maximum atomic E-state index is 13.4. The topological polar surface area (TPSA) is 87.0 Å². The maximum absolute atomic E-state index is 13.4. The molecule has 8 nitrogen and oxygen atoms in total. The molecule has 2 heterocycles. The van der Waals surface area contributed by atoms with Crippen LogP contribution in [0.1, 0.15) is 41.3 Å². The molecule has 0 aliphatic rings. The van der Waals surface area contributed by atoms with Crippen molar-refractivity contribution >= 4 is 17.2 Å². The number of hydrogen-bond donors (Lipinski definition) is 1. The quantitative estimate of drug-likeness (QED) is 0.309. The molecule has 1 N–H and O–H groups in total. The first-order valence-electron chi connectivity index (χ1n) is 11.5. The molecule has 2 aromatic carbocycles. The second kappa shape index (κ2) is 10.8. The number of rotatable bonds is 9. The molecule has 0 unspecified atom stereocenters.